The molecule has 1 aromatic carbocycles. The minimum absolute atomic E-state index is 0.0558. The number of carbonyl (C=O) groups excluding carboxylic acids is 2. The number of carboxylic acid groups (broad SMARTS) is 1. The molecule has 1 aromatic rings. The van der Waals surface area contributed by atoms with E-state index >= 15 is 0 Å². The molecular formula is C16H16N2O4. The summed E-state index contributed by atoms with van der Waals surface area (Å²) in [5.74, 6) is -1.69. The molecule has 0 aromatic heterocycles. The quantitative estimate of drug-likeness (QED) is 0.654. The predicted molar refractivity (Wildman–Crippen MR) is 79.5 cm³/mol. The highest BCUT2D eigenvalue weighted by Gasteiger charge is 2.36. The van der Waals surface area contributed by atoms with Crippen LogP contribution in [-0.4, -0.2) is 40.3 Å². The third kappa shape index (κ3) is 2.59. The van der Waals surface area contributed by atoms with Gasteiger partial charge in [-0.05, 0) is 25.0 Å². The molecule has 114 valence electrons. The van der Waals surface area contributed by atoms with E-state index in [1.54, 1.807) is 23.1 Å². The first-order valence-corrected chi connectivity index (χ1v) is 7.19. The van der Waals surface area contributed by atoms with E-state index in [2.05, 4.69) is 5.32 Å². The van der Waals surface area contributed by atoms with Crippen molar-refractivity contribution in [2.45, 2.75) is 25.3 Å². The van der Waals surface area contributed by atoms with Gasteiger partial charge in [-0.15, -0.1) is 0 Å². The second-order valence-electron chi connectivity index (χ2n) is 5.46. The largest absolute Gasteiger partial charge is 0.481 e. The smallest absolute Gasteiger partial charge is 0.311 e. The zero-order chi connectivity index (χ0) is 15.7. The standard InChI is InChI=1S/C16H16N2O4/c19-10(9-15(20)21)8-13-14-6-3-7-18(14)16(22)11-4-1-2-5-12(11)17-13/h1-2,4-5,8,14,17H,3,6-7,9H2,(H,20,21)/b13-8+/t14-/m0/s1. The highest BCUT2D eigenvalue weighted by Crippen LogP contribution is 2.32. The Hall–Kier alpha value is -2.63. The van der Waals surface area contributed by atoms with Crippen molar-refractivity contribution in [2.24, 2.45) is 0 Å². The predicted octanol–water partition coefficient (Wildman–Crippen LogP) is 1.64. The van der Waals surface area contributed by atoms with E-state index in [4.69, 9.17) is 5.11 Å². The molecule has 1 amide bonds. The zero-order valence-corrected chi connectivity index (χ0v) is 11.9. The van der Waals surface area contributed by atoms with Crippen molar-refractivity contribution in [3.05, 3.63) is 41.6 Å². The Kier molecular flexibility index (Phi) is 3.66. The molecule has 0 unspecified atom stereocenters. The molecule has 3 rings (SSSR count). The molecule has 1 atom stereocenters. The second-order valence-corrected chi connectivity index (χ2v) is 5.46. The van der Waals surface area contributed by atoms with Gasteiger partial charge in [0.1, 0.15) is 6.42 Å². The fraction of sp³-hybridized carbons (Fsp3) is 0.312. The number of aliphatic carboxylic acids is 1. The van der Waals surface area contributed by atoms with E-state index in [0.717, 1.165) is 12.8 Å². The molecule has 0 spiro atoms. The maximum atomic E-state index is 12.6. The Bertz CT molecular complexity index is 680. The second kappa shape index (κ2) is 5.63. The van der Waals surface area contributed by atoms with Crippen LogP contribution in [0.15, 0.2) is 36.0 Å². The monoisotopic (exact) mass is 300 g/mol. The van der Waals surface area contributed by atoms with Gasteiger partial charge in [-0.3, -0.25) is 14.4 Å². The molecule has 2 aliphatic heterocycles. The summed E-state index contributed by atoms with van der Waals surface area (Å²) >= 11 is 0. The SMILES string of the molecule is O=C(O)CC(=O)/C=C1/Nc2ccccc2C(=O)N2CCC[C@@H]12. The van der Waals surface area contributed by atoms with Crippen LogP contribution >= 0.6 is 0 Å². The first-order valence-electron chi connectivity index (χ1n) is 7.19. The first-order chi connectivity index (χ1) is 10.6. The summed E-state index contributed by atoms with van der Waals surface area (Å²) in [7, 11) is 0. The van der Waals surface area contributed by atoms with Gasteiger partial charge in [-0.1, -0.05) is 12.1 Å². The van der Waals surface area contributed by atoms with Crippen LogP contribution < -0.4 is 5.32 Å². The van der Waals surface area contributed by atoms with Crippen LogP contribution in [0.25, 0.3) is 0 Å². The minimum Gasteiger partial charge on any atom is -0.481 e. The van der Waals surface area contributed by atoms with Gasteiger partial charge in [0.05, 0.1) is 17.3 Å². The number of rotatable bonds is 3. The van der Waals surface area contributed by atoms with E-state index < -0.39 is 18.2 Å². The van der Waals surface area contributed by atoms with Gasteiger partial charge in [0, 0.05) is 18.3 Å². The minimum atomic E-state index is -1.16. The summed E-state index contributed by atoms with van der Waals surface area (Å²) in [6.07, 6.45) is 2.41. The average molecular weight is 300 g/mol. The number of nitrogens with one attached hydrogen (secondary N) is 1. The van der Waals surface area contributed by atoms with Gasteiger partial charge in [0.15, 0.2) is 5.78 Å². The summed E-state index contributed by atoms with van der Waals surface area (Å²) in [6, 6.07) is 6.95. The fourth-order valence-corrected chi connectivity index (χ4v) is 3.01. The van der Waals surface area contributed by atoms with Crippen molar-refractivity contribution in [1.82, 2.24) is 4.90 Å². The molecule has 0 radical (unpaired) electrons. The number of ketones is 1. The Balaban J connectivity index is 2.00. The number of carboxylic acids is 1. The van der Waals surface area contributed by atoms with Crippen LogP contribution in [0.4, 0.5) is 5.69 Å². The Morgan fingerprint density at radius 3 is 2.91 bits per heavy atom. The van der Waals surface area contributed by atoms with Crippen molar-refractivity contribution in [3.63, 3.8) is 0 Å². The molecule has 1 saturated heterocycles. The molecule has 2 heterocycles. The molecular weight excluding hydrogens is 284 g/mol. The van der Waals surface area contributed by atoms with Crippen LogP contribution in [-0.2, 0) is 9.59 Å². The first kappa shape index (κ1) is 14.3. The van der Waals surface area contributed by atoms with E-state index in [0.29, 0.717) is 23.5 Å². The highest BCUT2D eigenvalue weighted by atomic mass is 16.4. The van der Waals surface area contributed by atoms with Crippen LogP contribution in [0.5, 0.6) is 0 Å². The third-order valence-electron chi connectivity index (χ3n) is 3.95. The number of fused-ring (bicyclic) bond motifs is 2. The lowest BCUT2D eigenvalue weighted by atomic mass is 10.1. The van der Waals surface area contributed by atoms with Gasteiger partial charge in [-0.25, -0.2) is 0 Å². The van der Waals surface area contributed by atoms with Crippen molar-refractivity contribution in [3.8, 4) is 0 Å². The van der Waals surface area contributed by atoms with E-state index in [1.165, 1.54) is 6.08 Å². The maximum Gasteiger partial charge on any atom is 0.311 e. The van der Waals surface area contributed by atoms with Crippen LogP contribution in [0.2, 0.25) is 0 Å². The number of benzene rings is 1. The third-order valence-corrected chi connectivity index (χ3v) is 3.95. The number of hydrogen-bond donors (Lipinski definition) is 2. The number of para-hydroxylation sites is 1. The van der Waals surface area contributed by atoms with Crippen molar-refractivity contribution in [1.29, 1.82) is 0 Å². The molecule has 2 aliphatic rings. The number of amides is 1. The Morgan fingerprint density at radius 2 is 2.14 bits per heavy atom. The summed E-state index contributed by atoms with van der Waals surface area (Å²) in [5.41, 5.74) is 1.82. The Morgan fingerprint density at radius 1 is 1.36 bits per heavy atom. The van der Waals surface area contributed by atoms with Crippen LogP contribution in [0.3, 0.4) is 0 Å². The number of nitrogens with zero attached hydrogens (tertiary/aromatic N) is 1. The number of allylic oxidation sites excluding steroid dienone is 1. The van der Waals surface area contributed by atoms with Gasteiger partial charge in [0.2, 0.25) is 0 Å². The lowest BCUT2D eigenvalue weighted by Gasteiger charge is -2.23. The van der Waals surface area contributed by atoms with Gasteiger partial charge in [0.25, 0.3) is 5.91 Å². The van der Waals surface area contributed by atoms with Crippen LogP contribution in [0.1, 0.15) is 29.6 Å². The molecule has 22 heavy (non-hydrogen) atoms. The number of hydrogen-bond acceptors (Lipinski definition) is 4. The van der Waals surface area contributed by atoms with Crippen LogP contribution in [0, 0.1) is 0 Å². The molecule has 6 nitrogen and oxygen atoms in total. The van der Waals surface area contributed by atoms with Crippen molar-refractivity contribution >= 4 is 23.3 Å². The summed E-state index contributed by atoms with van der Waals surface area (Å²) in [6.45, 7) is 0.643. The van der Waals surface area contributed by atoms with E-state index in [-0.39, 0.29) is 11.9 Å². The van der Waals surface area contributed by atoms with E-state index in [1.807, 2.05) is 6.07 Å². The van der Waals surface area contributed by atoms with E-state index in [9.17, 15) is 14.4 Å². The molecule has 6 heteroatoms. The van der Waals surface area contributed by atoms with Crippen molar-refractivity contribution in [2.75, 3.05) is 11.9 Å². The van der Waals surface area contributed by atoms with Gasteiger partial charge >= 0.3 is 5.97 Å². The molecule has 0 saturated carbocycles. The molecule has 2 N–H and O–H groups in total. The summed E-state index contributed by atoms with van der Waals surface area (Å²) in [4.78, 5) is 36.8. The highest BCUT2D eigenvalue weighted by molar-refractivity contribution is 6.04. The maximum absolute atomic E-state index is 12.6. The number of anilines is 1. The summed E-state index contributed by atoms with van der Waals surface area (Å²) in [5, 5.41) is 11.9. The fourth-order valence-electron chi connectivity index (χ4n) is 3.01. The Labute approximate surface area is 127 Å². The molecule has 0 aliphatic carbocycles. The summed E-state index contributed by atoms with van der Waals surface area (Å²) < 4.78 is 0. The van der Waals surface area contributed by atoms with Gasteiger partial charge in [-0.2, -0.15) is 0 Å². The molecule has 0 bridgehead atoms. The lowest BCUT2D eigenvalue weighted by Crippen LogP contribution is -2.36. The number of carbonyl (C=O) groups is 3. The topological polar surface area (TPSA) is 86.7 Å². The van der Waals surface area contributed by atoms with Crippen molar-refractivity contribution < 1.29 is 19.5 Å². The lowest BCUT2D eigenvalue weighted by molar-refractivity contribution is -0.139. The normalized spacial score (nSPS) is 21.8. The van der Waals surface area contributed by atoms with Gasteiger partial charge < -0.3 is 15.3 Å². The average Bonchev–Trinajstić information content (AvgIpc) is 2.91. The molecule has 1 fully saturated rings. The zero-order valence-electron chi connectivity index (χ0n) is 11.9.